The van der Waals surface area contributed by atoms with Crippen molar-refractivity contribution in [2.75, 3.05) is 45.5 Å². The Labute approximate surface area is 197 Å². The smallest absolute Gasteiger partial charge is 0.215 e. The van der Waals surface area contributed by atoms with Crippen molar-refractivity contribution in [2.45, 2.75) is 39.3 Å². The molecule has 1 aromatic rings. The van der Waals surface area contributed by atoms with Crippen LogP contribution in [0.5, 0.6) is 0 Å². The molecule has 30 heavy (non-hydrogen) atoms. The Balaban J connectivity index is 0.00000450. The van der Waals surface area contributed by atoms with Crippen LogP contribution < -0.4 is 10.6 Å². The highest BCUT2D eigenvalue weighted by molar-refractivity contribution is 14.0. The Morgan fingerprint density at radius 2 is 1.80 bits per heavy atom. The standard InChI is InChI=1S/C20H34FN5O2S.HI/c1-4-26(5-2)29(27,28)15-12-23-20(22-3)24-19-10-13-25(14-11-19)16-17-6-8-18(21)9-7-17;/h6-9,19H,4-5,10-16H2,1-3H3,(H2,22,23,24);1H. The van der Waals surface area contributed by atoms with Crippen molar-refractivity contribution in [3.8, 4) is 0 Å². The number of guanidine groups is 1. The van der Waals surface area contributed by atoms with Crippen LogP contribution in [-0.2, 0) is 16.6 Å². The molecule has 172 valence electrons. The molecule has 1 aromatic carbocycles. The van der Waals surface area contributed by atoms with E-state index in [-0.39, 0.29) is 35.5 Å². The molecule has 1 aliphatic heterocycles. The lowest BCUT2D eigenvalue weighted by molar-refractivity contribution is 0.198. The average molecular weight is 556 g/mol. The highest BCUT2D eigenvalue weighted by Gasteiger charge is 2.21. The van der Waals surface area contributed by atoms with Gasteiger partial charge < -0.3 is 10.6 Å². The van der Waals surface area contributed by atoms with E-state index in [1.165, 1.54) is 16.4 Å². The van der Waals surface area contributed by atoms with Gasteiger partial charge in [-0.2, -0.15) is 0 Å². The Morgan fingerprint density at radius 3 is 2.33 bits per heavy atom. The molecule has 0 aromatic heterocycles. The van der Waals surface area contributed by atoms with Crippen LogP contribution in [0.15, 0.2) is 29.3 Å². The highest BCUT2D eigenvalue weighted by Crippen LogP contribution is 2.14. The molecule has 1 fully saturated rings. The maximum atomic E-state index is 13.0. The fourth-order valence-corrected chi connectivity index (χ4v) is 4.92. The van der Waals surface area contributed by atoms with E-state index in [0.29, 0.717) is 31.6 Å². The van der Waals surface area contributed by atoms with E-state index in [1.54, 1.807) is 7.05 Å². The van der Waals surface area contributed by atoms with Gasteiger partial charge in [-0.3, -0.25) is 9.89 Å². The summed E-state index contributed by atoms with van der Waals surface area (Å²) in [7, 11) is -1.55. The van der Waals surface area contributed by atoms with E-state index in [0.717, 1.165) is 38.0 Å². The van der Waals surface area contributed by atoms with Crippen molar-refractivity contribution in [3.63, 3.8) is 0 Å². The summed E-state index contributed by atoms with van der Waals surface area (Å²) in [5.74, 6) is 0.475. The first kappa shape index (κ1) is 27.1. The van der Waals surface area contributed by atoms with Gasteiger partial charge in [-0.05, 0) is 30.5 Å². The fourth-order valence-electron chi connectivity index (χ4n) is 3.52. The molecular weight excluding hydrogens is 520 g/mol. The molecule has 0 spiro atoms. The van der Waals surface area contributed by atoms with Crippen molar-refractivity contribution < 1.29 is 12.8 Å². The van der Waals surface area contributed by atoms with Gasteiger partial charge in [0.2, 0.25) is 10.0 Å². The lowest BCUT2D eigenvalue weighted by Crippen LogP contribution is -2.49. The molecule has 10 heteroatoms. The number of benzene rings is 1. The molecule has 1 saturated heterocycles. The molecule has 0 radical (unpaired) electrons. The Kier molecular flexibility index (Phi) is 12.1. The minimum atomic E-state index is -3.24. The van der Waals surface area contributed by atoms with Gasteiger partial charge >= 0.3 is 0 Å². The lowest BCUT2D eigenvalue weighted by Gasteiger charge is -2.33. The van der Waals surface area contributed by atoms with Crippen LogP contribution in [0.1, 0.15) is 32.3 Å². The zero-order valence-corrected chi connectivity index (χ0v) is 21.3. The minimum absolute atomic E-state index is 0. The van der Waals surface area contributed by atoms with Crippen LogP contribution >= 0.6 is 24.0 Å². The van der Waals surface area contributed by atoms with E-state index < -0.39 is 10.0 Å². The Bertz CT molecular complexity index is 749. The second-order valence-corrected chi connectivity index (χ2v) is 9.31. The summed E-state index contributed by atoms with van der Waals surface area (Å²) in [5, 5.41) is 6.51. The molecule has 2 N–H and O–H groups in total. The molecule has 1 aliphatic rings. The van der Waals surface area contributed by atoms with Crippen LogP contribution in [0.2, 0.25) is 0 Å². The van der Waals surface area contributed by atoms with Gasteiger partial charge in [0.1, 0.15) is 5.82 Å². The van der Waals surface area contributed by atoms with Crippen LogP contribution in [0.25, 0.3) is 0 Å². The first-order valence-corrected chi connectivity index (χ1v) is 11.9. The number of sulfonamides is 1. The van der Waals surface area contributed by atoms with Gasteiger partial charge in [-0.15, -0.1) is 24.0 Å². The number of hydrogen-bond acceptors (Lipinski definition) is 4. The predicted octanol–water partition coefficient (Wildman–Crippen LogP) is 2.24. The van der Waals surface area contributed by atoms with Crippen molar-refractivity contribution in [3.05, 3.63) is 35.6 Å². The molecule has 0 saturated carbocycles. The van der Waals surface area contributed by atoms with Crippen molar-refractivity contribution in [1.82, 2.24) is 19.8 Å². The number of halogens is 2. The minimum Gasteiger partial charge on any atom is -0.355 e. The number of hydrogen-bond donors (Lipinski definition) is 2. The lowest BCUT2D eigenvalue weighted by atomic mass is 10.0. The number of piperidine rings is 1. The van der Waals surface area contributed by atoms with E-state index >= 15 is 0 Å². The van der Waals surface area contributed by atoms with Gasteiger partial charge in [-0.1, -0.05) is 26.0 Å². The SMILES string of the molecule is CCN(CC)S(=O)(=O)CCNC(=NC)NC1CCN(Cc2ccc(F)cc2)CC1.I. The molecule has 0 unspecified atom stereocenters. The van der Waals surface area contributed by atoms with E-state index in [9.17, 15) is 12.8 Å². The number of nitrogens with one attached hydrogen (secondary N) is 2. The van der Waals surface area contributed by atoms with Crippen LogP contribution in [0.3, 0.4) is 0 Å². The summed E-state index contributed by atoms with van der Waals surface area (Å²) in [5.41, 5.74) is 1.12. The van der Waals surface area contributed by atoms with Crippen molar-refractivity contribution in [1.29, 1.82) is 0 Å². The van der Waals surface area contributed by atoms with Crippen LogP contribution in [0, 0.1) is 5.82 Å². The predicted molar refractivity (Wildman–Crippen MR) is 131 cm³/mol. The maximum absolute atomic E-state index is 13.0. The third-order valence-corrected chi connectivity index (χ3v) is 7.25. The molecular formula is C20H35FIN5O2S. The molecule has 0 bridgehead atoms. The second-order valence-electron chi connectivity index (χ2n) is 7.22. The van der Waals surface area contributed by atoms with E-state index in [1.807, 2.05) is 26.0 Å². The summed E-state index contributed by atoms with van der Waals surface area (Å²) >= 11 is 0. The molecule has 0 amide bonds. The van der Waals surface area contributed by atoms with E-state index in [4.69, 9.17) is 0 Å². The van der Waals surface area contributed by atoms with Crippen LogP contribution in [0.4, 0.5) is 4.39 Å². The van der Waals surface area contributed by atoms with Gasteiger partial charge in [0, 0.05) is 52.4 Å². The number of nitrogens with zero attached hydrogens (tertiary/aromatic N) is 3. The zero-order chi connectivity index (χ0) is 21.3. The molecule has 7 nitrogen and oxygen atoms in total. The number of likely N-dealkylation sites (tertiary alicyclic amines) is 1. The highest BCUT2D eigenvalue weighted by atomic mass is 127. The summed E-state index contributed by atoms with van der Waals surface area (Å²) in [6, 6.07) is 6.96. The average Bonchev–Trinajstić information content (AvgIpc) is 2.71. The number of aliphatic imine (C=N–C) groups is 1. The molecule has 1 heterocycles. The summed E-state index contributed by atoms with van der Waals surface area (Å²) in [4.78, 5) is 6.58. The first-order chi connectivity index (χ1) is 13.9. The van der Waals surface area contributed by atoms with E-state index in [2.05, 4.69) is 20.5 Å². The molecule has 2 rings (SSSR count). The normalized spacial score (nSPS) is 16.4. The monoisotopic (exact) mass is 555 g/mol. The van der Waals surface area contributed by atoms with Gasteiger partial charge in [0.25, 0.3) is 0 Å². The van der Waals surface area contributed by atoms with Gasteiger partial charge in [-0.25, -0.2) is 17.1 Å². The third kappa shape index (κ3) is 8.64. The topological polar surface area (TPSA) is 77.0 Å². The van der Waals surface area contributed by atoms with Crippen molar-refractivity contribution >= 4 is 40.0 Å². The number of rotatable bonds is 9. The first-order valence-electron chi connectivity index (χ1n) is 10.3. The summed E-state index contributed by atoms with van der Waals surface area (Å²) in [6.45, 7) is 7.70. The Hall–Kier alpha value is -0.980. The fraction of sp³-hybridized carbons (Fsp3) is 0.650. The largest absolute Gasteiger partial charge is 0.355 e. The van der Waals surface area contributed by atoms with Gasteiger partial charge in [0.05, 0.1) is 5.75 Å². The third-order valence-electron chi connectivity index (χ3n) is 5.22. The summed E-state index contributed by atoms with van der Waals surface area (Å²) in [6.07, 6.45) is 1.94. The zero-order valence-electron chi connectivity index (χ0n) is 18.1. The summed E-state index contributed by atoms with van der Waals surface area (Å²) < 4.78 is 39.0. The quantitative estimate of drug-likeness (QED) is 0.278. The molecule has 0 atom stereocenters. The molecule has 0 aliphatic carbocycles. The van der Waals surface area contributed by atoms with Crippen molar-refractivity contribution in [2.24, 2.45) is 4.99 Å². The second kappa shape index (κ2) is 13.4. The van der Waals surface area contributed by atoms with Crippen LogP contribution in [-0.4, -0.2) is 75.1 Å². The Morgan fingerprint density at radius 1 is 1.20 bits per heavy atom. The maximum Gasteiger partial charge on any atom is 0.215 e. The van der Waals surface area contributed by atoms with Gasteiger partial charge in [0.15, 0.2) is 5.96 Å².